The molecule has 1 rings (SSSR count). The van der Waals surface area contributed by atoms with E-state index in [4.69, 9.17) is 11.0 Å². The molecule has 0 bridgehead atoms. The van der Waals surface area contributed by atoms with Crippen molar-refractivity contribution in [3.63, 3.8) is 0 Å². The van der Waals surface area contributed by atoms with Crippen molar-refractivity contribution in [3.8, 4) is 6.07 Å². The zero-order chi connectivity index (χ0) is 16.2. The normalized spacial score (nSPS) is 11.3. The molecule has 116 valence electrons. The largest absolute Gasteiger partial charge is 0.396 e. The zero-order valence-electron chi connectivity index (χ0n) is 13.2. The number of nitrogens with two attached hydrogens (primary N) is 1. The van der Waals surface area contributed by atoms with E-state index in [1.54, 1.807) is 7.05 Å². The lowest BCUT2D eigenvalue weighted by Crippen LogP contribution is -2.34. The van der Waals surface area contributed by atoms with Crippen molar-refractivity contribution in [3.05, 3.63) is 10.4 Å². The number of carbonyl (C=O) groups excluding carboxylic acids is 1. The van der Waals surface area contributed by atoms with Gasteiger partial charge in [-0.05, 0) is 19.5 Å². The first kappa shape index (κ1) is 17.3. The van der Waals surface area contributed by atoms with Gasteiger partial charge in [-0.25, -0.2) is 0 Å². The highest BCUT2D eigenvalue weighted by molar-refractivity contribution is 7.17. The van der Waals surface area contributed by atoms with E-state index in [2.05, 4.69) is 29.4 Å². The summed E-state index contributed by atoms with van der Waals surface area (Å²) in [5.41, 5.74) is 6.52. The number of hydrogen-bond donors (Lipinski definition) is 3. The molecule has 0 fully saturated rings. The lowest BCUT2D eigenvalue weighted by molar-refractivity contribution is 0.0965. The molecule has 21 heavy (non-hydrogen) atoms. The summed E-state index contributed by atoms with van der Waals surface area (Å²) in [6.45, 7) is 5.87. The van der Waals surface area contributed by atoms with Crippen molar-refractivity contribution in [2.75, 3.05) is 45.3 Å². The van der Waals surface area contributed by atoms with Gasteiger partial charge in [0.1, 0.15) is 15.9 Å². The molecular formula is C14H23N5OS. The average molecular weight is 309 g/mol. The quantitative estimate of drug-likeness (QED) is 0.741. The van der Waals surface area contributed by atoms with E-state index in [0.29, 0.717) is 22.0 Å². The standard InChI is InChI=1S/C14H23N5OS/c1-14(2,8-19(4)5)7-18-13-10(12(20)17-3)11(16)9(6-15)21-13/h18H,7-8,16H2,1-5H3,(H,17,20). The number of anilines is 2. The smallest absolute Gasteiger partial charge is 0.256 e. The van der Waals surface area contributed by atoms with Crippen LogP contribution < -0.4 is 16.4 Å². The Kier molecular flexibility index (Phi) is 5.58. The Morgan fingerprint density at radius 1 is 1.48 bits per heavy atom. The fraction of sp³-hybridized carbons (Fsp3) is 0.571. The molecule has 0 atom stereocenters. The van der Waals surface area contributed by atoms with Gasteiger partial charge in [-0.1, -0.05) is 13.8 Å². The molecule has 0 saturated carbocycles. The Hall–Kier alpha value is -1.78. The molecule has 0 unspecified atom stereocenters. The van der Waals surface area contributed by atoms with Gasteiger partial charge in [0.2, 0.25) is 0 Å². The molecule has 0 aromatic carbocycles. The number of amides is 1. The number of rotatable bonds is 6. The molecule has 6 nitrogen and oxygen atoms in total. The van der Waals surface area contributed by atoms with Gasteiger partial charge in [0, 0.05) is 20.1 Å². The summed E-state index contributed by atoms with van der Waals surface area (Å²) >= 11 is 1.22. The van der Waals surface area contributed by atoms with Crippen molar-refractivity contribution >= 4 is 27.9 Å². The molecule has 0 aliphatic carbocycles. The van der Waals surface area contributed by atoms with Crippen LogP contribution >= 0.6 is 11.3 Å². The third kappa shape index (κ3) is 4.34. The molecule has 1 amide bonds. The van der Waals surface area contributed by atoms with Gasteiger partial charge in [-0.15, -0.1) is 11.3 Å². The van der Waals surface area contributed by atoms with E-state index in [1.807, 2.05) is 20.2 Å². The Morgan fingerprint density at radius 3 is 2.57 bits per heavy atom. The minimum atomic E-state index is -0.279. The summed E-state index contributed by atoms with van der Waals surface area (Å²) in [7, 11) is 5.59. The van der Waals surface area contributed by atoms with E-state index < -0.39 is 0 Å². The summed E-state index contributed by atoms with van der Waals surface area (Å²) in [5.74, 6) is -0.279. The molecular weight excluding hydrogens is 286 g/mol. The fourth-order valence-corrected chi connectivity index (χ4v) is 3.14. The summed E-state index contributed by atoms with van der Waals surface area (Å²) in [5, 5.41) is 15.5. The lowest BCUT2D eigenvalue weighted by atomic mass is 9.93. The number of nitrogen functional groups attached to an aromatic ring is 1. The lowest BCUT2D eigenvalue weighted by Gasteiger charge is -2.28. The van der Waals surface area contributed by atoms with Crippen molar-refractivity contribution < 1.29 is 4.79 Å². The summed E-state index contributed by atoms with van der Waals surface area (Å²) < 4.78 is 0. The molecule has 4 N–H and O–H groups in total. The molecule has 0 aliphatic rings. The molecule has 0 aliphatic heterocycles. The van der Waals surface area contributed by atoms with E-state index in [9.17, 15) is 4.79 Å². The molecule has 0 spiro atoms. The predicted octanol–water partition coefficient (Wildman–Crippen LogP) is 1.56. The van der Waals surface area contributed by atoms with Crippen LogP contribution in [0.25, 0.3) is 0 Å². The monoisotopic (exact) mass is 309 g/mol. The number of nitrogens with zero attached hydrogens (tertiary/aromatic N) is 2. The molecule has 0 radical (unpaired) electrons. The Balaban J connectivity index is 2.98. The van der Waals surface area contributed by atoms with Crippen LogP contribution in [0, 0.1) is 16.7 Å². The first-order chi connectivity index (χ1) is 9.71. The van der Waals surface area contributed by atoms with Gasteiger partial charge in [0.25, 0.3) is 5.91 Å². The Labute approximate surface area is 129 Å². The van der Waals surface area contributed by atoms with Crippen molar-refractivity contribution in [1.29, 1.82) is 5.26 Å². The predicted molar refractivity (Wildman–Crippen MR) is 87.7 cm³/mol. The highest BCUT2D eigenvalue weighted by Gasteiger charge is 2.24. The van der Waals surface area contributed by atoms with Gasteiger partial charge in [-0.3, -0.25) is 4.79 Å². The zero-order valence-corrected chi connectivity index (χ0v) is 14.0. The van der Waals surface area contributed by atoms with E-state index in [1.165, 1.54) is 11.3 Å². The summed E-state index contributed by atoms with van der Waals surface area (Å²) in [6, 6.07) is 2.03. The Morgan fingerprint density at radius 2 is 2.10 bits per heavy atom. The van der Waals surface area contributed by atoms with Gasteiger partial charge in [0.05, 0.1) is 11.3 Å². The highest BCUT2D eigenvalue weighted by Crippen LogP contribution is 2.35. The number of thiophene rings is 1. The number of nitrogens with one attached hydrogen (secondary N) is 2. The average Bonchev–Trinajstić information content (AvgIpc) is 2.70. The first-order valence-electron chi connectivity index (χ1n) is 6.65. The highest BCUT2D eigenvalue weighted by atomic mass is 32.1. The number of carbonyl (C=O) groups is 1. The van der Waals surface area contributed by atoms with Gasteiger partial charge >= 0.3 is 0 Å². The van der Waals surface area contributed by atoms with Crippen molar-refractivity contribution in [2.45, 2.75) is 13.8 Å². The van der Waals surface area contributed by atoms with Crippen molar-refractivity contribution in [2.24, 2.45) is 5.41 Å². The van der Waals surface area contributed by atoms with E-state index in [0.717, 1.165) is 6.54 Å². The molecule has 1 aromatic heterocycles. The van der Waals surface area contributed by atoms with Crippen LogP contribution in [0.2, 0.25) is 0 Å². The summed E-state index contributed by atoms with van der Waals surface area (Å²) in [4.78, 5) is 14.4. The molecule has 1 heterocycles. The minimum absolute atomic E-state index is 0.0228. The Bertz CT molecular complexity index is 556. The maximum atomic E-state index is 11.9. The summed E-state index contributed by atoms with van der Waals surface area (Å²) in [6.07, 6.45) is 0. The fourth-order valence-electron chi connectivity index (χ4n) is 2.23. The number of hydrogen-bond acceptors (Lipinski definition) is 6. The van der Waals surface area contributed by atoms with Crippen LogP contribution in [0.5, 0.6) is 0 Å². The second kappa shape index (κ2) is 6.78. The number of nitriles is 1. The molecule has 0 saturated heterocycles. The van der Waals surface area contributed by atoms with Gasteiger partial charge < -0.3 is 21.3 Å². The second-order valence-electron chi connectivity index (χ2n) is 6.00. The van der Waals surface area contributed by atoms with Crippen LogP contribution in [-0.2, 0) is 0 Å². The van der Waals surface area contributed by atoms with E-state index >= 15 is 0 Å². The minimum Gasteiger partial charge on any atom is -0.396 e. The molecule has 7 heteroatoms. The molecule has 1 aromatic rings. The van der Waals surface area contributed by atoms with Crippen molar-refractivity contribution in [1.82, 2.24) is 10.2 Å². The topological polar surface area (TPSA) is 94.2 Å². The third-order valence-corrected chi connectivity index (χ3v) is 4.04. The van der Waals surface area contributed by atoms with Gasteiger partial charge in [-0.2, -0.15) is 5.26 Å². The second-order valence-corrected chi connectivity index (χ2v) is 7.02. The van der Waals surface area contributed by atoms with Crippen LogP contribution in [0.15, 0.2) is 0 Å². The third-order valence-electron chi connectivity index (χ3n) is 2.97. The van der Waals surface area contributed by atoms with E-state index in [-0.39, 0.29) is 17.0 Å². The van der Waals surface area contributed by atoms with Gasteiger partial charge in [0.15, 0.2) is 0 Å². The van der Waals surface area contributed by atoms with Crippen LogP contribution in [0.3, 0.4) is 0 Å². The maximum absolute atomic E-state index is 11.9. The maximum Gasteiger partial charge on any atom is 0.256 e. The SMILES string of the molecule is CNC(=O)c1c(NCC(C)(C)CN(C)C)sc(C#N)c1N. The van der Waals surface area contributed by atoms with Crippen LogP contribution in [0.1, 0.15) is 29.1 Å². The van der Waals surface area contributed by atoms with Crippen LogP contribution in [-0.4, -0.2) is 45.0 Å². The first-order valence-corrected chi connectivity index (χ1v) is 7.46. The van der Waals surface area contributed by atoms with Crippen LogP contribution in [0.4, 0.5) is 10.7 Å².